The Morgan fingerprint density at radius 1 is 1.47 bits per heavy atom. The second-order valence-electron chi connectivity index (χ2n) is 4.23. The first kappa shape index (κ1) is 16.1. The molecule has 0 aromatic heterocycles. The minimum Gasteiger partial charge on any atom is -0.488 e. The fourth-order valence-electron chi connectivity index (χ4n) is 1.48. The lowest BCUT2D eigenvalue weighted by molar-refractivity contribution is 0.104. The van der Waals surface area contributed by atoms with Gasteiger partial charge in [-0.15, -0.1) is 0 Å². The van der Waals surface area contributed by atoms with Crippen molar-refractivity contribution in [3.05, 3.63) is 30.1 Å². The minimum atomic E-state index is -0.780. The average Bonchev–Trinajstić information content (AvgIpc) is 2.37. The molecule has 0 saturated heterocycles. The summed E-state index contributed by atoms with van der Waals surface area (Å²) in [6.07, 6.45) is 1.76. The van der Waals surface area contributed by atoms with Gasteiger partial charge >= 0.3 is 0 Å². The number of nitrogens with one attached hydrogen (secondary N) is 1. The molecule has 0 saturated carbocycles. The van der Waals surface area contributed by atoms with E-state index in [1.165, 1.54) is 12.1 Å². The summed E-state index contributed by atoms with van der Waals surface area (Å²) in [4.78, 5) is 0. The molecule has 1 aromatic rings. The van der Waals surface area contributed by atoms with Crippen molar-refractivity contribution in [1.82, 2.24) is 5.32 Å². The highest BCUT2D eigenvalue weighted by Gasteiger charge is 2.07. The van der Waals surface area contributed by atoms with E-state index >= 15 is 0 Å². The Morgan fingerprint density at radius 3 is 2.89 bits per heavy atom. The van der Waals surface area contributed by atoms with Gasteiger partial charge in [-0.2, -0.15) is 0 Å². The van der Waals surface area contributed by atoms with E-state index in [4.69, 9.17) is 4.74 Å². The normalized spacial score (nSPS) is 14.1. The summed E-state index contributed by atoms with van der Waals surface area (Å²) in [6, 6.07) is 6.09. The van der Waals surface area contributed by atoms with Gasteiger partial charge in [0, 0.05) is 29.4 Å². The van der Waals surface area contributed by atoms with Crippen LogP contribution < -0.4 is 10.1 Å². The van der Waals surface area contributed by atoms with E-state index in [9.17, 15) is 13.7 Å². The average molecular weight is 289 g/mol. The molecule has 19 heavy (non-hydrogen) atoms. The smallest absolute Gasteiger partial charge is 0.165 e. The summed E-state index contributed by atoms with van der Waals surface area (Å²) in [5.41, 5.74) is 0. The van der Waals surface area contributed by atoms with Crippen molar-refractivity contribution in [2.75, 3.05) is 31.7 Å². The number of hydrogen-bond donors (Lipinski definition) is 2. The number of aliphatic hydroxyl groups is 1. The number of halogens is 1. The SMILES string of the molecule is CS(=O)CCCNCC(O)COc1ccccc1F. The van der Waals surface area contributed by atoms with Crippen LogP contribution in [0.3, 0.4) is 0 Å². The summed E-state index contributed by atoms with van der Waals surface area (Å²) < 4.78 is 29.2. The van der Waals surface area contributed by atoms with Crippen LogP contribution in [0.1, 0.15) is 6.42 Å². The predicted molar refractivity (Wildman–Crippen MR) is 74.3 cm³/mol. The third-order valence-electron chi connectivity index (χ3n) is 2.43. The number of benzene rings is 1. The molecule has 0 amide bonds. The Bertz CT molecular complexity index is 403. The van der Waals surface area contributed by atoms with Crippen LogP contribution in [-0.4, -0.2) is 47.1 Å². The number of hydrogen-bond acceptors (Lipinski definition) is 4. The molecular formula is C13H20FNO3S. The largest absolute Gasteiger partial charge is 0.488 e. The Labute approximate surface area is 115 Å². The number of rotatable bonds is 9. The van der Waals surface area contributed by atoms with Crippen molar-refractivity contribution in [2.45, 2.75) is 12.5 Å². The first-order valence-corrected chi connectivity index (χ1v) is 7.88. The Kier molecular flexibility index (Phi) is 7.62. The van der Waals surface area contributed by atoms with Crippen molar-refractivity contribution >= 4 is 10.8 Å². The first-order valence-electron chi connectivity index (χ1n) is 6.15. The molecule has 0 spiro atoms. The number of aliphatic hydroxyl groups excluding tert-OH is 1. The topological polar surface area (TPSA) is 58.6 Å². The highest BCUT2D eigenvalue weighted by molar-refractivity contribution is 7.84. The van der Waals surface area contributed by atoms with Gasteiger partial charge in [-0.1, -0.05) is 12.1 Å². The molecule has 0 aliphatic carbocycles. The molecule has 0 bridgehead atoms. The monoisotopic (exact) mass is 289 g/mol. The molecule has 1 aromatic carbocycles. The third-order valence-corrected chi connectivity index (χ3v) is 3.30. The lowest BCUT2D eigenvalue weighted by atomic mass is 10.3. The maximum absolute atomic E-state index is 13.2. The van der Waals surface area contributed by atoms with Gasteiger partial charge in [0.15, 0.2) is 11.6 Å². The third kappa shape index (κ3) is 7.25. The Balaban J connectivity index is 2.13. The molecule has 0 aliphatic heterocycles. The molecule has 0 fully saturated rings. The van der Waals surface area contributed by atoms with Gasteiger partial charge in [0.1, 0.15) is 12.7 Å². The van der Waals surface area contributed by atoms with Gasteiger partial charge in [-0.05, 0) is 25.1 Å². The van der Waals surface area contributed by atoms with Crippen molar-refractivity contribution in [1.29, 1.82) is 0 Å². The fraction of sp³-hybridized carbons (Fsp3) is 0.538. The lowest BCUT2D eigenvalue weighted by Gasteiger charge is -2.13. The van der Waals surface area contributed by atoms with E-state index in [1.807, 2.05) is 0 Å². The van der Waals surface area contributed by atoms with E-state index in [0.29, 0.717) is 18.8 Å². The van der Waals surface area contributed by atoms with Crippen molar-refractivity contribution in [2.24, 2.45) is 0 Å². The Hall–Kier alpha value is -0.980. The van der Waals surface area contributed by atoms with Crippen LogP contribution >= 0.6 is 0 Å². The van der Waals surface area contributed by atoms with Crippen LogP contribution in [-0.2, 0) is 10.8 Å². The molecular weight excluding hydrogens is 269 g/mol. The number of para-hydroxylation sites is 1. The highest BCUT2D eigenvalue weighted by atomic mass is 32.2. The zero-order valence-corrected chi connectivity index (χ0v) is 11.8. The van der Waals surface area contributed by atoms with Gasteiger partial charge < -0.3 is 15.2 Å². The summed E-state index contributed by atoms with van der Waals surface area (Å²) in [5, 5.41) is 12.7. The minimum absolute atomic E-state index is 0.0354. The van der Waals surface area contributed by atoms with Crippen LogP contribution in [0.4, 0.5) is 4.39 Å². The predicted octanol–water partition coefficient (Wildman–Crippen LogP) is 0.924. The van der Waals surface area contributed by atoms with Crippen molar-refractivity contribution in [3.8, 4) is 5.75 Å². The maximum atomic E-state index is 13.2. The molecule has 2 unspecified atom stereocenters. The van der Waals surface area contributed by atoms with E-state index in [2.05, 4.69) is 5.32 Å². The summed E-state index contributed by atoms with van der Waals surface area (Å²) in [6.45, 7) is 1.09. The zero-order chi connectivity index (χ0) is 14.1. The lowest BCUT2D eigenvalue weighted by Crippen LogP contribution is -2.32. The maximum Gasteiger partial charge on any atom is 0.165 e. The summed E-state index contributed by atoms with van der Waals surface area (Å²) in [7, 11) is -0.780. The van der Waals surface area contributed by atoms with Gasteiger partial charge in [0.2, 0.25) is 0 Å². The molecule has 4 nitrogen and oxygen atoms in total. The highest BCUT2D eigenvalue weighted by Crippen LogP contribution is 2.15. The van der Waals surface area contributed by atoms with Crippen LogP contribution in [0, 0.1) is 5.82 Å². The van der Waals surface area contributed by atoms with E-state index in [-0.39, 0.29) is 12.4 Å². The molecule has 108 valence electrons. The first-order chi connectivity index (χ1) is 9.09. The van der Waals surface area contributed by atoms with Gasteiger partial charge in [-0.3, -0.25) is 4.21 Å². The summed E-state index contributed by atoms with van der Waals surface area (Å²) in [5.74, 6) is 0.352. The van der Waals surface area contributed by atoms with E-state index < -0.39 is 22.7 Å². The fourth-order valence-corrected chi connectivity index (χ4v) is 2.03. The van der Waals surface area contributed by atoms with Crippen LogP contribution in [0.2, 0.25) is 0 Å². The molecule has 1 rings (SSSR count). The van der Waals surface area contributed by atoms with Crippen LogP contribution in [0.15, 0.2) is 24.3 Å². The Morgan fingerprint density at radius 2 is 2.21 bits per heavy atom. The van der Waals surface area contributed by atoms with Gasteiger partial charge in [0.05, 0.1) is 0 Å². The van der Waals surface area contributed by atoms with Crippen molar-refractivity contribution < 1.29 is 18.4 Å². The molecule has 2 N–H and O–H groups in total. The van der Waals surface area contributed by atoms with E-state index in [0.717, 1.165) is 6.42 Å². The molecule has 6 heteroatoms. The van der Waals surface area contributed by atoms with Crippen LogP contribution in [0.5, 0.6) is 5.75 Å². The van der Waals surface area contributed by atoms with Crippen LogP contribution in [0.25, 0.3) is 0 Å². The van der Waals surface area contributed by atoms with Gasteiger partial charge in [0.25, 0.3) is 0 Å². The summed E-state index contributed by atoms with van der Waals surface area (Å²) >= 11 is 0. The molecule has 0 aliphatic rings. The molecule has 0 heterocycles. The molecule has 0 radical (unpaired) electrons. The second-order valence-corrected chi connectivity index (χ2v) is 5.78. The molecule has 2 atom stereocenters. The van der Waals surface area contributed by atoms with Crippen molar-refractivity contribution in [3.63, 3.8) is 0 Å². The van der Waals surface area contributed by atoms with E-state index in [1.54, 1.807) is 18.4 Å². The number of ether oxygens (including phenoxy) is 1. The standard InChI is InChI=1S/C13H20FNO3S/c1-19(17)8-4-7-15-9-11(16)10-18-13-6-3-2-5-12(13)14/h2-3,5-6,11,15-16H,4,7-10H2,1H3. The second kappa shape index (κ2) is 9.01. The van der Waals surface area contributed by atoms with Gasteiger partial charge in [-0.25, -0.2) is 4.39 Å². The zero-order valence-electron chi connectivity index (χ0n) is 11.0. The quantitative estimate of drug-likeness (QED) is 0.664.